The first-order chi connectivity index (χ1) is 22.2. The fraction of sp³-hybridized carbons (Fsp3) is 0.412. The molecule has 0 radical (unpaired) electrons. The van der Waals surface area contributed by atoms with Gasteiger partial charge in [-0.1, -0.05) is 37.6 Å². The maximum atomic E-state index is 14.8. The summed E-state index contributed by atoms with van der Waals surface area (Å²) >= 11 is 1.49. The zero-order chi connectivity index (χ0) is 32.4. The van der Waals surface area contributed by atoms with Gasteiger partial charge in [0.25, 0.3) is 5.91 Å². The number of likely N-dealkylation sites (tertiary alicyclic amines) is 1. The molecule has 9 nitrogen and oxygen atoms in total. The summed E-state index contributed by atoms with van der Waals surface area (Å²) in [5, 5.41) is 17.5. The molecule has 46 heavy (non-hydrogen) atoms. The Labute approximate surface area is 271 Å². The van der Waals surface area contributed by atoms with Gasteiger partial charge in [-0.15, -0.1) is 16.9 Å². The summed E-state index contributed by atoms with van der Waals surface area (Å²) in [6.07, 6.45) is 4.68. The lowest BCUT2D eigenvalue weighted by atomic mass is 9.93. The van der Waals surface area contributed by atoms with Gasteiger partial charge in [-0.05, 0) is 66.1 Å². The van der Waals surface area contributed by atoms with Crippen molar-refractivity contribution in [1.29, 1.82) is 0 Å². The summed E-state index contributed by atoms with van der Waals surface area (Å²) < 4.78 is 30.6. The molecule has 2 saturated heterocycles. The van der Waals surface area contributed by atoms with Crippen molar-refractivity contribution in [2.75, 3.05) is 30.8 Å². The molecule has 0 saturated carbocycles. The van der Waals surface area contributed by atoms with E-state index in [1.807, 2.05) is 42.3 Å². The van der Waals surface area contributed by atoms with E-state index in [2.05, 4.69) is 15.2 Å². The third-order valence-corrected chi connectivity index (χ3v) is 9.73. The molecule has 1 amide bonds. The van der Waals surface area contributed by atoms with E-state index in [9.17, 15) is 23.5 Å². The van der Waals surface area contributed by atoms with Gasteiger partial charge in [0.2, 0.25) is 0 Å². The van der Waals surface area contributed by atoms with Gasteiger partial charge in [0, 0.05) is 37.0 Å². The van der Waals surface area contributed by atoms with Crippen LogP contribution in [-0.4, -0.2) is 74.6 Å². The highest BCUT2D eigenvalue weighted by molar-refractivity contribution is 7.98. The Morgan fingerprint density at radius 1 is 1.15 bits per heavy atom. The van der Waals surface area contributed by atoms with Crippen LogP contribution >= 0.6 is 11.8 Å². The van der Waals surface area contributed by atoms with E-state index in [1.54, 1.807) is 18.2 Å². The van der Waals surface area contributed by atoms with E-state index in [0.29, 0.717) is 31.0 Å². The van der Waals surface area contributed by atoms with Crippen molar-refractivity contribution in [2.24, 2.45) is 0 Å². The van der Waals surface area contributed by atoms with Crippen LogP contribution in [0.1, 0.15) is 71.7 Å². The second-order valence-electron chi connectivity index (χ2n) is 12.1. The molecular formula is C34H38F2N6O3S. The number of nitrogens with zero attached hydrogens (tertiary/aromatic N) is 5. The predicted octanol–water partition coefficient (Wildman–Crippen LogP) is 5.85. The largest absolute Gasteiger partial charge is 0.481 e. The average Bonchev–Trinajstić information content (AvgIpc) is 3.77. The molecule has 4 aromatic rings. The van der Waals surface area contributed by atoms with Crippen LogP contribution in [0.3, 0.4) is 0 Å². The zero-order valence-corrected chi connectivity index (χ0v) is 26.7. The van der Waals surface area contributed by atoms with Gasteiger partial charge in [0.1, 0.15) is 17.8 Å². The van der Waals surface area contributed by atoms with Gasteiger partial charge in [-0.3, -0.25) is 14.5 Å². The fourth-order valence-electron chi connectivity index (χ4n) is 6.71. The van der Waals surface area contributed by atoms with Crippen molar-refractivity contribution in [3.8, 4) is 0 Å². The first-order valence-electron chi connectivity index (χ1n) is 15.7. The smallest absolute Gasteiger partial charge is 0.310 e. The number of rotatable bonds is 11. The summed E-state index contributed by atoms with van der Waals surface area (Å²) in [6, 6.07) is 15.4. The van der Waals surface area contributed by atoms with Crippen molar-refractivity contribution >= 4 is 35.1 Å². The van der Waals surface area contributed by atoms with Gasteiger partial charge in [0.15, 0.2) is 11.3 Å². The molecule has 2 aromatic heterocycles. The summed E-state index contributed by atoms with van der Waals surface area (Å²) in [7, 11) is 0. The minimum Gasteiger partial charge on any atom is -0.481 e. The average molecular weight is 649 g/mol. The van der Waals surface area contributed by atoms with Crippen LogP contribution < -0.4 is 10.2 Å². The van der Waals surface area contributed by atoms with E-state index >= 15 is 0 Å². The minimum absolute atomic E-state index is 0.0792. The number of fused-ring (bicyclic) bond motifs is 1. The Balaban J connectivity index is 1.15. The molecule has 0 aliphatic carbocycles. The number of benzene rings is 2. The third-order valence-electron chi connectivity index (χ3n) is 8.92. The molecule has 2 N–H and O–H groups in total. The number of nitrogens with one attached hydrogen (secondary N) is 1. The number of aromatic nitrogens is 3. The SMILES string of the molecule is CCCC(C(=O)O)c1cccc(CN2CC[C@H](NC(=O)c3cnc4ccc(N5C[C@@H](F)C[C@@H]5c5cc(F)ccc5SC)nn34)C2)c1. The second kappa shape index (κ2) is 13.8. The quantitative estimate of drug-likeness (QED) is 0.195. The number of halogens is 2. The van der Waals surface area contributed by atoms with Crippen LogP contribution in [-0.2, 0) is 11.3 Å². The second-order valence-corrected chi connectivity index (χ2v) is 13.0. The third kappa shape index (κ3) is 6.73. The maximum absolute atomic E-state index is 14.8. The molecule has 4 atom stereocenters. The number of hydrogen-bond donors (Lipinski definition) is 2. The Hall–Kier alpha value is -4.03. The van der Waals surface area contributed by atoms with Crippen molar-refractivity contribution < 1.29 is 23.5 Å². The van der Waals surface area contributed by atoms with E-state index in [1.165, 1.54) is 34.6 Å². The number of alkyl halides is 1. The molecule has 1 unspecified atom stereocenters. The first-order valence-corrected chi connectivity index (χ1v) is 16.9. The molecule has 242 valence electrons. The summed E-state index contributed by atoms with van der Waals surface area (Å²) in [5.74, 6) is -1.51. The Morgan fingerprint density at radius 3 is 2.78 bits per heavy atom. The van der Waals surface area contributed by atoms with Crippen molar-refractivity contribution in [1.82, 2.24) is 24.8 Å². The minimum atomic E-state index is -1.10. The molecule has 12 heteroatoms. The number of aliphatic carboxylic acids is 1. The zero-order valence-electron chi connectivity index (χ0n) is 25.9. The van der Waals surface area contributed by atoms with Gasteiger partial charge in [-0.2, -0.15) is 0 Å². The Bertz CT molecular complexity index is 1730. The molecule has 2 aliphatic rings. The van der Waals surface area contributed by atoms with Crippen LogP contribution in [0.5, 0.6) is 0 Å². The standard InChI is InChI=1S/C34H38F2N6O3S/c1-3-5-26(34(44)45)22-7-4-6-21(14-22)18-40-13-12-25(20-40)38-33(43)29-17-37-31-10-11-32(39-42(29)31)41-19-24(36)16-28(41)27-15-23(35)8-9-30(27)46-2/h4,6-11,14-15,17,24-26,28H,3,5,12-13,16,18-20H2,1-2H3,(H,38,43)(H,44,45)/t24-,25-,26?,28+/m0/s1. The van der Waals surface area contributed by atoms with Crippen LogP contribution in [0.25, 0.3) is 5.65 Å². The monoisotopic (exact) mass is 648 g/mol. The lowest BCUT2D eigenvalue weighted by molar-refractivity contribution is -0.139. The van der Waals surface area contributed by atoms with E-state index in [4.69, 9.17) is 5.10 Å². The number of amides is 1. The molecule has 2 aliphatic heterocycles. The highest BCUT2D eigenvalue weighted by Crippen LogP contribution is 2.40. The fourth-order valence-corrected chi connectivity index (χ4v) is 7.35. The van der Waals surface area contributed by atoms with Crippen LogP contribution in [0.2, 0.25) is 0 Å². The molecule has 0 spiro atoms. The van der Waals surface area contributed by atoms with Crippen LogP contribution in [0.15, 0.2) is 65.7 Å². The van der Waals surface area contributed by atoms with Gasteiger partial charge in [-0.25, -0.2) is 18.3 Å². The topological polar surface area (TPSA) is 103 Å². The van der Waals surface area contributed by atoms with Crippen molar-refractivity contribution in [2.45, 2.75) is 68.2 Å². The number of imidazole rings is 1. The van der Waals surface area contributed by atoms with Crippen molar-refractivity contribution in [3.05, 3.63) is 89.0 Å². The summed E-state index contributed by atoms with van der Waals surface area (Å²) in [6.45, 7) is 4.21. The normalized spacial score (nSPS) is 20.8. The lowest BCUT2D eigenvalue weighted by Gasteiger charge is -2.27. The van der Waals surface area contributed by atoms with E-state index < -0.39 is 24.1 Å². The molecular weight excluding hydrogens is 610 g/mol. The summed E-state index contributed by atoms with van der Waals surface area (Å²) in [4.78, 5) is 34.6. The number of carboxylic acids is 1. The number of carbonyl (C=O) groups excluding carboxylic acids is 1. The maximum Gasteiger partial charge on any atom is 0.310 e. The van der Waals surface area contributed by atoms with Crippen LogP contribution in [0.4, 0.5) is 14.6 Å². The number of carboxylic acid groups (broad SMARTS) is 1. The number of anilines is 1. The molecule has 2 aromatic carbocycles. The highest BCUT2D eigenvalue weighted by atomic mass is 32.2. The van der Waals surface area contributed by atoms with Gasteiger partial charge >= 0.3 is 5.97 Å². The van der Waals surface area contributed by atoms with E-state index in [-0.39, 0.29) is 36.4 Å². The van der Waals surface area contributed by atoms with Crippen LogP contribution in [0, 0.1) is 5.82 Å². The predicted molar refractivity (Wildman–Crippen MR) is 174 cm³/mol. The van der Waals surface area contributed by atoms with Gasteiger partial charge in [0.05, 0.1) is 24.7 Å². The molecule has 6 rings (SSSR count). The van der Waals surface area contributed by atoms with Crippen molar-refractivity contribution in [3.63, 3.8) is 0 Å². The highest BCUT2D eigenvalue weighted by Gasteiger charge is 2.36. The number of hydrogen-bond acceptors (Lipinski definition) is 7. The molecule has 0 bridgehead atoms. The number of carbonyl (C=O) groups is 2. The first kappa shape index (κ1) is 31.9. The molecule has 2 fully saturated rings. The van der Waals surface area contributed by atoms with E-state index in [0.717, 1.165) is 41.0 Å². The van der Waals surface area contributed by atoms with Gasteiger partial charge < -0.3 is 15.3 Å². The molecule has 4 heterocycles. The Kier molecular flexibility index (Phi) is 9.55. The Morgan fingerprint density at radius 2 is 2.00 bits per heavy atom. The number of thioether (sulfide) groups is 1. The summed E-state index contributed by atoms with van der Waals surface area (Å²) in [5.41, 5.74) is 3.36. The lowest BCUT2D eigenvalue weighted by Crippen LogP contribution is -2.37.